The molecule has 0 aromatic heterocycles. The molecule has 0 spiro atoms. The molecule has 1 fully saturated rings. The third-order valence-corrected chi connectivity index (χ3v) is 3.47. The molecule has 2 rings (SSSR count). The van der Waals surface area contributed by atoms with E-state index in [1.807, 2.05) is 0 Å². The highest BCUT2D eigenvalue weighted by molar-refractivity contribution is 5.80. The molecule has 0 aliphatic carbocycles. The molecule has 110 valence electrons. The van der Waals surface area contributed by atoms with Crippen LogP contribution >= 0.6 is 0 Å². The number of hydrogen-bond donors (Lipinski definition) is 2. The zero-order valence-electron chi connectivity index (χ0n) is 12.3. The third-order valence-electron chi connectivity index (χ3n) is 3.47. The van der Waals surface area contributed by atoms with Gasteiger partial charge in [0.25, 0.3) is 0 Å². The van der Waals surface area contributed by atoms with Gasteiger partial charge in [0.1, 0.15) is 0 Å². The number of para-hydroxylation sites is 1. The van der Waals surface area contributed by atoms with Gasteiger partial charge >= 0.3 is 0 Å². The molecule has 1 aliphatic rings. The minimum Gasteiger partial charge on any atom is -0.383 e. The number of hydrogen-bond acceptors (Lipinski definition) is 3. The number of guanidine groups is 1. The number of aliphatic imine (C=N–C) groups is 1. The molecule has 1 aliphatic heterocycles. The molecule has 1 aromatic carbocycles. The number of rotatable bonds is 5. The summed E-state index contributed by atoms with van der Waals surface area (Å²) in [6, 6.07) is 11.0. The highest BCUT2D eigenvalue weighted by Gasteiger charge is 2.23. The zero-order chi connectivity index (χ0) is 14.2. The maximum Gasteiger partial charge on any atom is 0.191 e. The summed E-state index contributed by atoms with van der Waals surface area (Å²) in [5.41, 5.74) is 1.29. The van der Waals surface area contributed by atoms with Crippen LogP contribution in [0.4, 0.5) is 5.69 Å². The van der Waals surface area contributed by atoms with Crippen molar-refractivity contribution in [2.75, 3.05) is 45.3 Å². The Morgan fingerprint density at radius 2 is 2.20 bits per heavy atom. The number of nitrogens with zero attached hydrogens (tertiary/aromatic N) is 2. The van der Waals surface area contributed by atoms with Crippen LogP contribution in [0.2, 0.25) is 0 Å². The largest absolute Gasteiger partial charge is 0.383 e. The Morgan fingerprint density at radius 1 is 1.40 bits per heavy atom. The van der Waals surface area contributed by atoms with Gasteiger partial charge in [-0.1, -0.05) is 18.2 Å². The summed E-state index contributed by atoms with van der Waals surface area (Å²) in [6.07, 6.45) is 1.12. The van der Waals surface area contributed by atoms with Crippen LogP contribution in [0.1, 0.15) is 6.42 Å². The van der Waals surface area contributed by atoms with E-state index < -0.39 is 0 Å². The molecule has 5 heteroatoms. The minimum absolute atomic E-state index is 0.434. The molecule has 1 saturated heterocycles. The molecule has 1 heterocycles. The predicted octanol–water partition coefficient (Wildman–Crippen LogP) is 1.08. The summed E-state index contributed by atoms with van der Waals surface area (Å²) < 4.78 is 5.03. The predicted molar refractivity (Wildman–Crippen MR) is 83.4 cm³/mol. The molecule has 2 N–H and O–H groups in total. The Bertz CT molecular complexity index is 421. The summed E-state index contributed by atoms with van der Waals surface area (Å²) in [5, 5.41) is 6.71. The van der Waals surface area contributed by atoms with Crippen LogP contribution < -0.4 is 15.5 Å². The van der Waals surface area contributed by atoms with Gasteiger partial charge < -0.3 is 20.3 Å². The second-order valence-electron chi connectivity index (χ2n) is 4.90. The van der Waals surface area contributed by atoms with Gasteiger partial charge in [0.15, 0.2) is 5.96 Å². The lowest BCUT2D eigenvalue weighted by Gasteiger charge is -2.20. The fraction of sp³-hybridized carbons (Fsp3) is 0.533. The lowest BCUT2D eigenvalue weighted by atomic mass is 10.3. The quantitative estimate of drug-likeness (QED) is 0.480. The molecule has 0 amide bonds. The minimum atomic E-state index is 0.434. The summed E-state index contributed by atoms with van der Waals surface area (Å²) in [4.78, 5) is 6.64. The van der Waals surface area contributed by atoms with E-state index in [-0.39, 0.29) is 0 Å². The molecule has 0 bridgehead atoms. The first-order chi connectivity index (χ1) is 9.83. The van der Waals surface area contributed by atoms with Gasteiger partial charge in [-0.2, -0.15) is 0 Å². The highest BCUT2D eigenvalue weighted by Crippen LogP contribution is 2.19. The standard InChI is InChI=1S/C15H24N4O/c1-16-15(17-9-11-20-2)18-13-8-10-19(12-13)14-6-4-3-5-7-14/h3-7,13H,8-12H2,1-2H3,(H2,16,17,18). The van der Waals surface area contributed by atoms with Crippen LogP contribution in [0.3, 0.4) is 0 Å². The van der Waals surface area contributed by atoms with E-state index in [0.717, 1.165) is 32.0 Å². The van der Waals surface area contributed by atoms with Crippen LogP contribution in [-0.4, -0.2) is 52.4 Å². The van der Waals surface area contributed by atoms with E-state index >= 15 is 0 Å². The van der Waals surface area contributed by atoms with E-state index in [2.05, 4.69) is 50.9 Å². The van der Waals surface area contributed by atoms with Crippen molar-refractivity contribution in [1.29, 1.82) is 0 Å². The van der Waals surface area contributed by atoms with Gasteiger partial charge in [0.05, 0.1) is 6.61 Å². The summed E-state index contributed by atoms with van der Waals surface area (Å²) >= 11 is 0. The number of benzene rings is 1. The normalized spacial score (nSPS) is 19.2. The summed E-state index contributed by atoms with van der Waals surface area (Å²) in [7, 11) is 3.50. The maximum atomic E-state index is 5.03. The van der Waals surface area contributed by atoms with E-state index in [9.17, 15) is 0 Å². The molecule has 20 heavy (non-hydrogen) atoms. The van der Waals surface area contributed by atoms with Crippen molar-refractivity contribution in [3.63, 3.8) is 0 Å². The molecule has 1 unspecified atom stereocenters. The van der Waals surface area contributed by atoms with Gasteiger partial charge in [-0.15, -0.1) is 0 Å². The first kappa shape index (κ1) is 14.7. The van der Waals surface area contributed by atoms with Crippen molar-refractivity contribution in [3.8, 4) is 0 Å². The second kappa shape index (κ2) is 7.75. The van der Waals surface area contributed by atoms with E-state index in [0.29, 0.717) is 12.6 Å². The lowest BCUT2D eigenvalue weighted by molar-refractivity contribution is 0.203. The van der Waals surface area contributed by atoms with E-state index in [1.54, 1.807) is 14.2 Å². The van der Waals surface area contributed by atoms with E-state index in [1.165, 1.54) is 5.69 Å². The number of nitrogens with one attached hydrogen (secondary N) is 2. The van der Waals surface area contributed by atoms with Gasteiger partial charge in [-0.05, 0) is 18.6 Å². The molecule has 5 nitrogen and oxygen atoms in total. The van der Waals surface area contributed by atoms with Crippen LogP contribution in [-0.2, 0) is 4.74 Å². The van der Waals surface area contributed by atoms with Gasteiger partial charge in [0.2, 0.25) is 0 Å². The van der Waals surface area contributed by atoms with Gasteiger partial charge in [-0.3, -0.25) is 4.99 Å². The van der Waals surface area contributed by atoms with Crippen LogP contribution in [0.25, 0.3) is 0 Å². The van der Waals surface area contributed by atoms with Gasteiger partial charge in [-0.25, -0.2) is 0 Å². The first-order valence-electron chi connectivity index (χ1n) is 7.09. The Kier molecular flexibility index (Phi) is 5.68. The Morgan fingerprint density at radius 3 is 2.90 bits per heavy atom. The smallest absolute Gasteiger partial charge is 0.191 e. The average molecular weight is 276 g/mol. The topological polar surface area (TPSA) is 48.9 Å². The monoisotopic (exact) mass is 276 g/mol. The zero-order valence-corrected chi connectivity index (χ0v) is 12.3. The third kappa shape index (κ3) is 4.13. The van der Waals surface area contributed by atoms with Crippen molar-refractivity contribution in [2.45, 2.75) is 12.5 Å². The Labute approximate surface area is 121 Å². The van der Waals surface area contributed by atoms with Crippen molar-refractivity contribution in [2.24, 2.45) is 4.99 Å². The van der Waals surface area contributed by atoms with Crippen LogP contribution in [0, 0.1) is 0 Å². The molecule has 1 aromatic rings. The van der Waals surface area contributed by atoms with Crippen molar-refractivity contribution in [3.05, 3.63) is 30.3 Å². The first-order valence-corrected chi connectivity index (χ1v) is 7.09. The SMILES string of the molecule is CN=C(NCCOC)NC1CCN(c2ccccc2)C1. The van der Waals surface area contributed by atoms with Crippen LogP contribution in [0.15, 0.2) is 35.3 Å². The molecule has 0 saturated carbocycles. The van der Waals surface area contributed by atoms with E-state index in [4.69, 9.17) is 4.74 Å². The molecule has 1 atom stereocenters. The molecular weight excluding hydrogens is 252 g/mol. The lowest BCUT2D eigenvalue weighted by Crippen LogP contribution is -2.45. The number of methoxy groups -OCH3 is 1. The fourth-order valence-electron chi connectivity index (χ4n) is 2.41. The maximum absolute atomic E-state index is 5.03. The average Bonchev–Trinajstić information content (AvgIpc) is 2.96. The molecular formula is C15H24N4O. The molecule has 0 radical (unpaired) electrons. The summed E-state index contributed by atoms with van der Waals surface area (Å²) in [6.45, 7) is 3.54. The number of ether oxygens (including phenoxy) is 1. The Hall–Kier alpha value is -1.75. The van der Waals surface area contributed by atoms with Gasteiger partial charge in [0, 0.05) is 45.5 Å². The fourth-order valence-corrected chi connectivity index (χ4v) is 2.41. The second-order valence-corrected chi connectivity index (χ2v) is 4.90. The van der Waals surface area contributed by atoms with Crippen molar-refractivity contribution < 1.29 is 4.74 Å². The van der Waals surface area contributed by atoms with Crippen molar-refractivity contribution in [1.82, 2.24) is 10.6 Å². The highest BCUT2D eigenvalue weighted by atomic mass is 16.5. The Balaban J connectivity index is 1.80. The van der Waals surface area contributed by atoms with Crippen molar-refractivity contribution >= 4 is 11.6 Å². The summed E-state index contributed by atoms with van der Waals surface area (Å²) in [5.74, 6) is 0.849. The number of anilines is 1. The van der Waals surface area contributed by atoms with Crippen LogP contribution in [0.5, 0.6) is 0 Å².